The van der Waals surface area contributed by atoms with Crippen LogP contribution in [0.2, 0.25) is 0 Å². The highest BCUT2D eigenvalue weighted by molar-refractivity contribution is 5.41. The van der Waals surface area contributed by atoms with E-state index in [-0.39, 0.29) is 0 Å². The molecule has 1 unspecified atom stereocenters. The molecule has 1 aromatic heterocycles. The summed E-state index contributed by atoms with van der Waals surface area (Å²) in [6.07, 6.45) is 1.23. The summed E-state index contributed by atoms with van der Waals surface area (Å²) in [6, 6.07) is 7.48. The summed E-state index contributed by atoms with van der Waals surface area (Å²) in [4.78, 5) is 9.47. The minimum atomic E-state index is 0.496. The van der Waals surface area contributed by atoms with Crippen LogP contribution in [0.15, 0.2) is 18.2 Å². The number of hydrogen-bond donors (Lipinski definition) is 1. The molecule has 19 heavy (non-hydrogen) atoms. The van der Waals surface area contributed by atoms with Crippen LogP contribution in [-0.4, -0.2) is 49.2 Å². The Bertz CT molecular complexity index is 403. The van der Waals surface area contributed by atoms with Gasteiger partial charge in [0.05, 0.1) is 5.69 Å². The molecule has 106 valence electrons. The lowest BCUT2D eigenvalue weighted by Crippen LogP contribution is -2.31. The molecule has 0 spiro atoms. The van der Waals surface area contributed by atoms with Gasteiger partial charge in [0.15, 0.2) is 0 Å². The highest BCUT2D eigenvalue weighted by Gasteiger charge is 2.24. The van der Waals surface area contributed by atoms with Crippen LogP contribution in [0.1, 0.15) is 26.0 Å². The Morgan fingerprint density at radius 3 is 2.84 bits per heavy atom. The lowest BCUT2D eigenvalue weighted by atomic mass is 10.2. The zero-order valence-electron chi connectivity index (χ0n) is 12.6. The Morgan fingerprint density at radius 1 is 1.42 bits per heavy atom. The summed E-state index contributed by atoms with van der Waals surface area (Å²) < 4.78 is 0. The second-order valence-corrected chi connectivity index (χ2v) is 5.87. The summed E-state index contributed by atoms with van der Waals surface area (Å²) in [5.74, 6) is 1.12. The number of anilines is 1. The van der Waals surface area contributed by atoms with Crippen molar-refractivity contribution in [1.29, 1.82) is 0 Å². The number of nitrogens with one attached hydrogen (secondary N) is 1. The third-order valence-corrected chi connectivity index (χ3v) is 3.70. The van der Waals surface area contributed by atoms with Gasteiger partial charge in [0, 0.05) is 31.7 Å². The van der Waals surface area contributed by atoms with Crippen LogP contribution in [0, 0.1) is 0 Å². The minimum Gasteiger partial charge on any atom is -0.355 e. The normalized spacial score (nSPS) is 19.7. The number of aromatic nitrogens is 1. The first-order valence-corrected chi connectivity index (χ1v) is 7.17. The maximum absolute atomic E-state index is 4.77. The molecule has 4 nitrogen and oxygen atoms in total. The molecule has 1 aromatic rings. The van der Waals surface area contributed by atoms with Crippen molar-refractivity contribution in [1.82, 2.24) is 15.2 Å². The van der Waals surface area contributed by atoms with Crippen LogP contribution in [-0.2, 0) is 6.54 Å². The van der Waals surface area contributed by atoms with Gasteiger partial charge in [0.25, 0.3) is 0 Å². The third-order valence-electron chi connectivity index (χ3n) is 3.70. The summed E-state index contributed by atoms with van der Waals surface area (Å²) >= 11 is 0. The highest BCUT2D eigenvalue weighted by atomic mass is 15.3. The lowest BCUT2D eigenvalue weighted by Gasteiger charge is -2.21. The number of hydrogen-bond acceptors (Lipinski definition) is 4. The van der Waals surface area contributed by atoms with Crippen molar-refractivity contribution in [3.63, 3.8) is 0 Å². The van der Waals surface area contributed by atoms with Crippen LogP contribution >= 0.6 is 0 Å². The molecule has 0 amide bonds. The Hall–Kier alpha value is -1.13. The molecule has 2 heterocycles. The molecule has 1 saturated heterocycles. The van der Waals surface area contributed by atoms with Crippen LogP contribution in [0.3, 0.4) is 0 Å². The molecule has 1 aliphatic heterocycles. The van der Waals surface area contributed by atoms with Crippen molar-refractivity contribution >= 4 is 5.82 Å². The fourth-order valence-corrected chi connectivity index (χ4v) is 2.42. The first kappa shape index (κ1) is 14.3. The van der Waals surface area contributed by atoms with Gasteiger partial charge in [-0.25, -0.2) is 4.98 Å². The Kier molecular flexibility index (Phi) is 4.77. The number of likely N-dealkylation sites (N-methyl/N-ethyl adjacent to an activating group) is 1. The zero-order valence-corrected chi connectivity index (χ0v) is 12.6. The number of pyridine rings is 1. The SMILES string of the molecule is CC(C)NCc1cccc(N2CCC(N(C)C)C2)n1. The molecule has 0 aliphatic carbocycles. The Labute approximate surface area is 116 Å². The zero-order chi connectivity index (χ0) is 13.8. The molecule has 1 N–H and O–H groups in total. The molecule has 0 bridgehead atoms. The van der Waals surface area contributed by atoms with E-state index in [4.69, 9.17) is 4.98 Å². The van der Waals surface area contributed by atoms with Crippen LogP contribution in [0.4, 0.5) is 5.82 Å². The van der Waals surface area contributed by atoms with Crippen molar-refractivity contribution in [2.24, 2.45) is 0 Å². The second-order valence-electron chi connectivity index (χ2n) is 5.87. The fourth-order valence-electron chi connectivity index (χ4n) is 2.42. The van der Waals surface area contributed by atoms with Gasteiger partial charge in [-0.15, -0.1) is 0 Å². The topological polar surface area (TPSA) is 31.4 Å². The molecule has 1 fully saturated rings. The van der Waals surface area contributed by atoms with Crippen LogP contribution in [0.25, 0.3) is 0 Å². The fraction of sp³-hybridized carbons (Fsp3) is 0.667. The number of rotatable bonds is 5. The molecule has 4 heteroatoms. The predicted octanol–water partition coefficient (Wildman–Crippen LogP) is 1.72. The largest absolute Gasteiger partial charge is 0.355 e. The van der Waals surface area contributed by atoms with Gasteiger partial charge in [-0.3, -0.25) is 0 Å². The van der Waals surface area contributed by atoms with E-state index in [9.17, 15) is 0 Å². The van der Waals surface area contributed by atoms with Crippen LogP contribution in [0.5, 0.6) is 0 Å². The average molecular weight is 262 g/mol. The first-order valence-electron chi connectivity index (χ1n) is 7.17. The van der Waals surface area contributed by atoms with Crippen molar-refractivity contribution in [2.75, 3.05) is 32.1 Å². The molecular formula is C15H26N4. The maximum Gasteiger partial charge on any atom is 0.128 e. The smallest absolute Gasteiger partial charge is 0.128 e. The Morgan fingerprint density at radius 2 is 2.21 bits per heavy atom. The third kappa shape index (κ3) is 3.91. The molecule has 2 rings (SSSR count). The summed E-state index contributed by atoms with van der Waals surface area (Å²) in [5.41, 5.74) is 1.12. The van der Waals surface area contributed by atoms with Crippen molar-refractivity contribution in [3.05, 3.63) is 23.9 Å². The number of nitrogens with zero attached hydrogens (tertiary/aromatic N) is 3. The molecule has 0 saturated carbocycles. The van der Waals surface area contributed by atoms with Gasteiger partial charge in [-0.2, -0.15) is 0 Å². The van der Waals surface area contributed by atoms with Gasteiger partial charge in [0.2, 0.25) is 0 Å². The maximum atomic E-state index is 4.77. The lowest BCUT2D eigenvalue weighted by molar-refractivity contribution is 0.315. The van der Waals surface area contributed by atoms with E-state index in [2.05, 4.69) is 61.3 Å². The van der Waals surface area contributed by atoms with E-state index < -0.39 is 0 Å². The quantitative estimate of drug-likeness (QED) is 0.875. The monoisotopic (exact) mass is 262 g/mol. The van der Waals surface area contributed by atoms with Gasteiger partial charge in [-0.1, -0.05) is 19.9 Å². The predicted molar refractivity (Wildman–Crippen MR) is 80.5 cm³/mol. The summed E-state index contributed by atoms with van der Waals surface area (Å²) in [6.45, 7) is 7.35. The highest BCUT2D eigenvalue weighted by Crippen LogP contribution is 2.20. The summed E-state index contributed by atoms with van der Waals surface area (Å²) in [7, 11) is 4.31. The van der Waals surface area contributed by atoms with E-state index in [1.54, 1.807) is 0 Å². The Balaban J connectivity index is 1.99. The molecule has 0 radical (unpaired) electrons. The van der Waals surface area contributed by atoms with E-state index in [1.807, 2.05) is 0 Å². The molecular weight excluding hydrogens is 236 g/mol. The molecule has 1 atom stereocenters. The van der Waals surface area contributed by atoms with Crippen molar-refractivity contribution in [2.45, 2.75) is 38.9 Å². The van der Waals surface area contributed by atoms with Crippen molar-refractivity contribution < 1.29 is 0 Å². The van der Waals surface area contributed by atoms with E-state index in [0.29, 0.717) is 12.1 Å². The van der Waals surface area contributed by atoms with Crippen LogP contribution < -0.4 is 10.2 Å². The molecule has 1 aliphatic rings. The van der Waals surface area contributed by atoms with Gasteiger partial charge in [0.1, 0.15) is 5.82 Å². The summed E-state index contributed by atoms with van der Waals surface area (Å²) in [5, 5.41) is 3.42. The minimum absolute atomic E-state index is 0.496. The average Bonchev–Trinajstić information content (AvgIpc) is 2.86. The van der Waals surface area contributed by atoms with E-state index in [0.717, 1.165) is 31.1 Å². The van der Waals surface area contributed by atoms with E-state index in [1.165, 1.54) is 6.42 Å². The van der Waals surface area contributed by atoms with E-state index >= 15 is 0 Å². The van der Waals surface area contributed by atoms with Gasteiger partial charge < -0.3 is 15.1 Å². The second kappa shape index (κ2) is 6.35. The van der Waals surface area contributed by atoms with Gasteiger partial charge >= 0.3 is 0 Å². The molecule has 0 aromatic carbocycles. The first-order chi connectivity index (χ1) is 9.06. The van der Waals surface area contributed by atoms with Gasteiger partial charge in [-0.05, 0) is 32.6 Å². The van der Waals surface area contributed by atoms with Crippen molar-refractivity contribution in [3.8, 4) is 0 Å². The standard InChI is InChI=1S/C15H26N4/c1-12(2)16-10-13-6-5-7-15(17-13)19-9-8-14(11-19)18(3)4/h5-7,12,14,16H,8-11H2,1-4H3.